The second-order valence-corrected chi connectivity index (χ2v) is 5.97. The van der Waals surface area contributed by atoms with Gasteiger partial charge in [-0.15, -0.1) is 0 Å². The highest BCUT2D eigenvalue weighted by Crippen LogP contribution is 2.25. The van der Waals surface area contributed by atoms with Crippen LogP contribution < -0.4 is 15.2 Å². The van der Waals surface area contributed by atoms with Crippen LogP contribution in [0.15, 0.2) is 29.2 Å². The highest BCUT2D eigenvalue weighted by Gasteiger charge is 2.26. The molecule has 0 unspecified atom stereocenters. The quantitative estimate of drug-likeness (QED) is 0.885. The number of rotatable bonds is 4. The van der Waals surface area contributed by atoms with E-state index >= 15 is 0 Å². The van der Waals surface area contributed by atoms with Crippen LogP contribution in [0.3, 0.4) is 0 Å². The van der Waals surface area contributed by atoms with Gasteiger partial charge >= 0.3 is 0 Å². The lowest BCUT2D eigenvalue weighted by atomic mass is 10.1. The molecule has 1 aliphatic heterocycles. The summed E-state index contributed by atoms with van der Waals surface area (Å²) in [7, 11) is 1.46. The van der Waals surface area contributed by atoms with Gasteiger partial charge in [-0.05, 0) is 6.07 Å². The summed E-state index contributed by atoms with van der Waals surface area (Å²) in [5, 5.41) is 5.98. The van der Waals surface area contributed by atoms with E-state index in [-0.39, 0.29) is 17.5 Å². The highest BCUT2D eigenvalue weighted by molar-refractivity contribution is 6.33. The Morgan fingerprint density at radius 2 is 2.16 bits per heavy atom. The number of methoxy groups -OCH3 is 1. The first-order valence-electron chi connectivity index (χ1n) is 7.58. The first kappa shape index (κ1) is 17.2. The van der Waals surface area contributed by atoms with Crippen LogP contribution >= 0.6 is 11.6 Å². The Morgan fingerprint density at radius 3 is 2.88 bits per heavy atom. The maximum absolute atomic E-state index is 13.3. The Morgan fingerprint density at radius 1 is 1.36 bits per heavy atom. The molecule has 0 radical (unpaired) electrons. The molecule has 2 heterocycles. The Bertz CT molecular complexity index is 858. The van der Waals surface area contributed by atoms with Crippen LogP contribution in [-0.2, 0) is 11.3 Å². The lowest BCUT2D eigenvalue weighted by Crippen LogP contribution is -2.50. The fourth-order valence-corrected chi connectivity index (χ4v) is 2.94. The van der Waals surface area contributed by atoms with Crippen molar-refractivity contribution in [2.75, 3.05) is 31.6 Å². The number of nitrogens with zero attached hydrogens (tertiary/aromatic N) is 3. The van der Waals surface area contributed by atoms with Crippen LogP contribution in [0.1, 0.15) is 5.56 Å². The van der Waals surface area contributed by atoms with Crippen molar-refractivity contribution < 1.29 is 13.9 Å². The number of carbonyl (C=O) groups excluding carboxylic acids is 1. The number of aromatic amines is 1. The predicted octanol–water partition coefficient (Wildman–Crippen LogP) is 1.42. The van der Waals surface area contributed by atoms with Crippen molar-refractivity contribution in [3.05, 3.63) is 51.2 Å². The predicted molar refractivity (Wildman–Crippen MR) is 90.4 cm³/mol. The van der Waals surface area contributed by atoms with E-state index in [4.69, 9.17) is 16.3 Å². The zero-order valence-electron chi connectivity index (χ0n) is 13.5. The smallest absolute Gasteiger partial charge is 0.285 e. The van der Waals surface area contributed by atoms with E-state index in [9.17, 15) is 14.0 Å². The van der Waals surface area contributed by atoms with Crippen LogP contribution in [0.25, 0.3) is 0 Å². The molecule has 1 aromatic heterocycles. The number of hydrogen-bond acceptors (Lipinski definition) is 5. The minimum atomic E-state index is -0.495. The number of aromatic nitrogens is 2. The number of benzene rings is 1. The average molecular weight is 367 g/mol. The molecule has 9 heteroatoms. The van der Waals surface area contributed by atoms with Gasteiger partial charge in [-0.3, -0.25) is 9.59 Å². The molecular weight excluding hydrogens is 351 g/mol. The molecule has 1 N–H and O–H groups in total. The Hall–Kier alpha value is -2.61. The summed E-state index contributed by atoms with van der Waals surface area (Å²) in [6, 6.07) is 4.23. The molecule has 0 aliphatic carbocycles. The van der Waals surface area contributed by atoms with Gasteiger partial charge in [0.05, 0.1) is 25.5 Å². The molecule has 1 fully saturated rings. The number of nitrogens with one attached hydrogen (secondary N) is 1. The fourth-order valence-electron chi connectivity index (χ4n) is 2.73. The van der Waals surface area contributed by atoms with Gasteiger partial charge in [-0.2, -0.15) is 5.10 Å². The molecule has 0 spiro atoms. The van der Waals surface area contributed by atoms with E-state index in [1.165, 1.54) is 25.4 Å². The summed E-state index contributed by atoms with van der Waals surface area (Å²) in [5.74, 6) is -0.126. The molecule has 1 aromatic carbocycles. The normalized spacial score (nSPS) is 14.8. The number of anilines is 1. The molecule has 2 aromatic rings. The van der Waals surface area contributed by atoms with Crippen molar-refractivity contribution >= 4 is 23.2 Å². The minimum Gasteiger partial charge on any atom is -0.496 e. The molecule has 7 nitrogen and oxygen atoms in total. The van der Waals surface area contributed by atoms with Crippen molar-refractivity contribution in [1.82, 2.24) is 15.1 Å². The molecule has 0 saturated carbocycles. The topological polar surface area (TPSA) is 78.5 Å². The number of H-pyrrole nitrogens is 1. The Labute approximate surface area is 148 Å². The number of ether oxygens (including phenoxy) is 1. The van der Waals surface area contributed by atoms with E-state index in [0.29, 0.717) is 31.1 Å². The third-order valence-corrected chi connectivity index (χ3v) is 4.41. The molecule has 1 amide bonds. The summed E-state index contributed by atoms with van der Waals surface area (Å²) in [6.45, 7) is 1.33. The van der Waals surface area contributed by atoms with E-state index < -0.39 is 11.4 Å². The number of halogens is 2. The van der Waals surface area contributed by atoms with Crippen molar-refractivity contribution in [3.63, 3.8) is 0 Å². The standard InChI is InChI=1S/C16H16ClFN4O3/c1-25-13-6-11(18)3-2-10(13)8-22-5-4-21(9-14(22)23)12-7-19-20-16(24)15(12)17/h2-3,6-7H,4-5,8-9H2,1H3,(H,20,24). The third-order valence-electron chi connectivity index (χ3n) is 4.05. The van der Waals surface area contributed by atoms with Crippen molar-refractivity contribution in [3.8, 4) is 5.75 Å². The zero-order chi connectivity index (χ0) is 18.0. The third kappa shape index (κ3) is 3.58. The van der Waals surface area contributed by atoms with Crippen molar-refractivity contribution in [2.24, 2.45) is 0 Å². The van der Waals surface area contributed by atoms with Gasteiger partial charge in [-0.25, -0.2) is 9.49 Å². The van der Waals surface area contributed by atoms with Crippen LogP contribution in [0, 0.1) is 5.82 Å². The van der Waals surface area contributed by atoms with Crippen molar-refractivity contribution in [2.45, 2.75) is 6.54 Å². The summed E-state index contributed by atoms with van der Waals surface area (Å²) >= 11 is 5.99. The molecule has 132 valence electrons. The largest absolute Gasteiger partial charge is 0.496 e. The SMILES string of the molecule is COc1cc(F)ccc1CN1CCN(c2cn[nH]c(=O)c2Cl)CC1=O. The molecule has 1 saturated heterocycles. The van der Waals surface area contributed by atoms with Gasteiger partial charge in [0.15, 0.2) is 0 Å². The maximum atomic E-state index is 13.3. The first-order chi connectivity index (χ1) is 12.0. The van der Waals surface area contributed by atoms with Crippen LogP contribution in [0.5, 0.6) is 5.75 Å². The van der Waals surface area contributed by atoms with Crippen LogP contribution in [-0.4, -0.2) is 47.7 Å². The van der Waals surface area contributed by atoms with E-state index in [1.807, 2.05) is 0 Å². The fraction of sp³-hybridized carbons (Fsp3) is 0.312. The van der Waals surface area contributed by atoms with Gasteiger partial charge in [0, 0.05) is 31.3 Å². The van der Waals surface area contributed by atoms with Crippen LogP contribution in [0.2, 0.25) is 5.02 Å². The van der Waals surface area contributed by atoms with E-state index in [1.54, 1.807) is 15.9 Å². The number of hydrogen-bond donors (Lipinski definition) is 1. The van der Waals surface area contributed by atoms with Gasteiger partial charge in [0.25, 0.3) is 5.56 Å². The summed E-state index contributed by atoms with van der Waals surface area (Å²) in [6.07, 6.45) is 1.43. The monoisotopic (exact) mass is 366 g/mol. The van der Waals surface area contributed by atoms with Gasteiger partial charge in [0.2, 0.25) is 5.91 Å². The average Bonchev–Trinajstić information content (AvgIpc) is 2.60. The number of piperazine rings is 1. The molecule has 0 bridgehead atoms. The van der Waals surface area contributed by atoms with Gasteiger partial charge < -0.3 is 14.5 Å². The molecule has 0 atom stereocenters. The maximum Gasteiger partial charge on any atom is 0.285 e. The number of carbonyl (C=O) groups is 1. The lowest BCUT2D eigenvalue weighted by molar-refractivity contribution is -0.131. The summed E-state index contributed by atoms with van der Waals surface area (Å²) in [4.78, 5) is 27.4. The molecule has 1 aliphatic rings. The first-order valence-corrected chi connectivity index (χ1v) is 7.95. The minimum absolute atomic E-state index is 0.0106. The van der Waals surface area contributed by atoms with Gasteiger partial charge in [-0.1, -0.05) is 17.7 Å². The van der Waals surface area contributed by atoms with E-state index in [2.05, 4.69) is 10.2 Å². The highest BCUT2D eigenvalue weighted by atomic mass is 35.5. The Kier molecular flexibility index (Phi) is 4.89. The van der Waals surface area contributed by atoms with Crippen LogP contribution in [0.4, 0.5) is 10.1 Å². The molecule has 3 rings (SSSR count). The zero-order valence-corrected chi connectivity index (χ0v) is 14.2. The molecular formula is C16H16ClFN4O3. The second-order valence-electron chi connectivity index (χ2n) is 5.59. The van der Waals surface area contributed by atoms with Gasteiger partial charge in [0.1, 0.15) is 16.6 Å². The second kappa shape index (κ2) is 7.10. The summed E-state index contributed by atoms with van der Waals surface area (Å²) < 4.78 is 18.5. The van der Waals surface area contributed by atoms with Crippen molar-refractivity contribution in [1.29, 1.82) is 0 Å². The Balaban J connectivity index is 1.73. The molecule has 25 heavy (non-hydrogen) atoms. The van der Waals surface area contributed by atoms with E-state index in [0.717, 1.165) is 5.56 Å². The summed E-state index contributed by atoms with van der Waals surface area (Å²) in [5.41, 5.74) is 0.657. The lowest BCUT2D eigenvalue weighted by Gasteiger charge is -2.35. The number of amides is 1.